The summed E-state index contributed by atoms with van der Waals surface area (Å²) in [7, 11) is 1.56. The number of aromatic nitrogens is 2. The van der Waals surface area contributed by atoms with Crippen LogP contribution in [0.25, 0.3) is 5.69 Å². The van der Waals surface area contributed by atoms with E-state index in [1.807, 2.05) is 30.5 Å². The molecule has 0 aliphatic carbocycles. The van der Waals surface area contributed by atoms with Crippen LogP contribution < -0.4 is 20.9 Å². The molecule has 3 aromatic carbocycles. The smallest absolute Gasteiger partial charge is 0.211 e. The van der Waals surface area contributed by atoms with Gasteiger partial charge in [0.25, 0.3) is 0 Å². The molecule has 1 heterocycles. The molecule has 0 aliphatic rings. The number of rotatable bonds is 12. The maximum Gasteiger partial charge on any atom is 0.211 e. The molecule has 0 atom stereocenters. The third kappa shape index (κ3) is 7.78. The number of halogens is 4. The highest BCUT2D eigenvalue weighted by atomic mass is 35.5. The summed E-state index contributed by atoms with van der Waals surface area (Å²) in [5, 5.41) is 8.46. The number of imidazole rings is 1. The second kappa shape index (κ2) is 14.1. The fourth-order valence-corrected chi connectivity index (χ4v) is 5.81. The van der Waals surface area contributed by atoms with Crippen molar-refractivity contribution < 1.29 is 18.3 Å². The van der Waals surface area contributed by atoms with Gasteiger partial charge in [-0.2, -0.15) is 5.10 Å². The molecule has 0 spiro atoms. The Labute approximate surface area is 262 Å². The van der Waals surface area contributed by atoms with Crippen molar-refractivity contribution in [2.45, 2.75) is 36.6 Å². The zero-order chi connectivity index (χ0) is 31.1. The van der Waals surface area contributed by atoms with Crippen LogP contribution in [0.4, 0.5) is 8.78 Å². The molecule has 0 saturated heterocycles. The summed E-state index contributed by atoms with van der Waals surface area (Å²) >= 11 is 14.1. The standard InChI is InChI=1S/C30H30Cl2F2N6O2S/c1-30(2,18-5-10-23(31)26(13-18)41-3)27-16-37-29(40(27)20-8-6-19(33)7-9-20)43-17-22-24(32)14-21(15-25(22)34)42-12-4-11-38-39-28(35)36/h5-11,13-16H,4,12,17H2,1-3H3,(H4,35,36,39). The Morgan fingerprint density at radius 3 is 2.49 bits per heavy atom. The summed E-state index contributed by atoms with van der Waals surface area (Å²) in [5.41, 5.74) is 12.6. The lowest BCUT2D eigenvalue weighted by Gasteiger charge is -2.28. The molecule has 0 amide bonds. The Hall–Kier alpha value is -3.80. The lowest BCUT2D eigenvalue weighted by atomic mass is 9.81. The number of nitrogens with two attached hydrogens (primary N) is 2. The van der Waals surface area contributed by atoms with E-state index < -0.39 is 11.2 Å². The Morgan fingerprint density at radius 2 is 1.81 bits per heavy atom. The Bertz CT molecular complexity index is 1620. The van der Waals surface area contributed by atoms with Gasteiger partial charge in [-0.15, -0.1) is 5.10 Å². The SMILES string of the molecule is COc1cc(C(C)(C)c2cnc(SCc3c(F)cc(OCCC=NN=C(N)N)cc3Cl)n2-c2ccc(F)cc2)ccc1Cl. The van der Waals surface area contributed by atoms with Gasteiger partial charge in [0, 0.05) is 41.1 Å². The number of ether oxygens (including phenoxy) is 2. The topological polar surface area (TPSA) is 113 Å². The zero-order valence-corrected chi connectivity index (χ0v) is 26.0. The summed E-state index contributed by atoms with van der Waals surface area (Å²) in [6, 6.07) is 14.5. The van der Waals surface area contributed by atoms with Gasteiger partial charge in [-0.25, -0.2) is 13.8 Å². The van der Waals surface area contributed by atoms with Crippen LogP contribution in [0.3, 0.4) is 0 Å². The molecule has 226 valence electrons. The van der Waals surface area contributed by atoms with Crippen molar-refractivity contribution in [3.05, 3.63) is 99.3 Å². The number of methoxy groups -OCH3 is 1. The van der Waals surface area contributed by atoms with Crippen LogP contribution in [0.1, 0.15) is 37.1 Å². The maximum absolute atomic E-state index is 15.2. The van der Waals surface area contributed by atoms with Crippen LogP contribution in [-0.4, -0.2) is 35.4 Å². The predicted octanol–water partition coefficient (Wildman–Crippen LogP) is 7.11. The fraction of sp³-hybridized carbons (Fsp3) is 0.233. The molecule has 0 saturated carbocycles. The number of benzene rings is 3. The molecule has 0 aliphatic heterocycles. The lowest BCUT2D eigenvalue weighted by molar-refractivity contribution is 0.328. The van der Waals surface area contributed by atoms with E-state index >= 15 is 4.39 Å². The van der Waals surface area contributed by atoms with E-state index in [1.165, 1.54) is 36.2 Å². The molecule has 8 nitrogen and oxygen atoms in total. The van der Waals surface area contributed by atoms with Gasteiger partial charge in [0.05, 0.1) is 35.7 Å². The first-order chi connectivity index (χ1) is 20.5. The normalized spacial score (nSPS) is 11.6. The first-order valence-electron chi connectivity index (χ1n) is 13.0. The van der Waals surface area contributed by atoms with Gasteiger partial charge < -0.3 is 20.9 Å². The van der Waals surface area contributed by atoms with Crippen LogP contribution in [-0.2, 0) is 11.2 Å². The van der Waals surface area contributed by atoms with Gasteiger partial charge in [0.2, 0.25) is 5.96 Å². The molecule has 0 bridgehead atoms. The first-order valence-corrected chi connectivity index (χ1v) is 14.8. The average Bonchev–Trinajstić information content (AvgIpc) is 3.39. The van der Waals surface area contributed by atoms with Crippen molar-refractivity contribution in [3.8, 4) is 17.2 Å². The largest absolute Gasteiger partial charge is 0.495 e. The van der Waals surface area contributed by atoms with Gasteiger partial charge in [-0.05, 0) is 48.0 Å². The molecule has 4 aromatic rings. The summed E-state index contributed by atoms with van der Waals surface area (Å²) in [5.74, 6) is -0.0191. The van der Waals surface area contributed by atoms with E-state index in [1.54, 1.807) is 37.6 Å². The summed E-state index contributed by atoms with van der Waals surface area (Å²) < 4.78 is 42.0. The highest BCUT2D eigenvalue weighted by molar-refractivity contribution is 7.98. The molecular weight excluding hydrogens is 617 g/mol. The number of guanidine groups is 1. The summed E-state index contributed by atoms with van der Waals surface area (Å²) in [4.78, 5) is 4.68. The molecule has 0 fully saturated rings. The van der Waals surface area contributed by atoms with Crippen molar-refractivity contribution in [2.24, 2.45) is 21.7 Å². The Kier molecular flexibility index (Phi) is 10.5. The minimum absolute atomic E-state index is 0.151. The van der Waals surface area contributed by atoms with Gasteiger partial charge in [-0.1, -0.05) is 54.9 Å². The number of hydrogen-bond acceptors (Lipinski definition) is 6. The summed E-state index contributed by atoms with van der Waals surface area (Å²) in [6.07, 6.45) is 3.64. The van der Waals surface area contributed by atoms with Crippen molar-refractivity contribution in [1.29, 1.82) is 0 Å². The van der Waals surface area contributed by atoms with Gasteiger partial charge in [-0.3, -0.25) is 4.57 Å². The predicted molar refractivity (Wildman–Crippen MR) is 169 cm³/mol. The van der Waals surface area contributed by atoms with Gasteiger partial charge in [0.15, 0.2) is 5.16 Å². The van der Waals surface area contributed by atoms with Crippen molar-refractivity contribution >= 4 is 47.1 Å². The molecule has 4 N–H and O–H groups in total. The fourth-order valence-electron chi connectivity index (χ4n) is 4.25. The van der Waals surface area contributed by atoms with Crippen LogP contribution in [0, 0.1) is 11.6 Å². The van der Waals surface area contributed by atoms with Crippen LogP contribution >= 0.6 is 35.0 Å². The lowest BCUT2D eigenvalue weighted by Crippen LogP contribution is -2.23. The van der Waals surface area contributed by atoms with Crippen LogP contribution in [0.15, 0.2) is 76.2 Å². The second-order valence-electron chi connectivity index (χ2n) is 9.83. The monoisotopic (exact) mass is 646 g/mol. The maximum atomic E-state index is 15.2. The summed E-state index contributed by atoms with van der Waals surface area (Å²) in [6.45, 7) is 4.31. The number of hydrogen-bond donors (Lipinski definition) is 2. The third-order valence-electron chi connectivity index (χ3n) is 6.56. The quantitative estimate of drug-likeness (QED) is 0.0557. The molecule has 1 aromatic heterocycles. The van der Waals surface area contributed by atoms with Crippen molar-refractivity contribution in [3.63, 3.8) is 0 Å². The van der Waals surface area contributed by atoms with Crippen molar-refractivity contribution in [1.82, 2.24) is 9.55 Å². The van der Waals surface area contributed by atoms with E-state index in [9.17, 15) is 4.39 Å². The van der Waals surface area contributed by atoms with Gasteiger partial charge in [0.1, 0.15) is 23.1 Å². The molecule has 0 radical (unpaired) electrons. The Balaban J connectivity index is 1.60. The highest BCUT2D eigenvalue weighted by Gasteiger charge is 2.30. The minimum Gasteiger partial charge on any atom is -0.495 e. The number of nitrogens with zero attached hydrogens (tertiary/aromatic N) is 4. The molecular formula is C30H30Cl2F2N6O2S. The minimum atomic E-state index is -0.575. The third-order valence-corrected chi connectivity index (χ3v) is 8.19. The van der Waals surface area contributed by atoms with Crippen LogP contribution in [0.5, 0.6) is 11.5 Å². The molecule has 13 heteroatoms. The van der Waals surface area contributed by atoms with E-state index in [4.69, 9.17) is 44.1 Å². The average molecular weight is 648 g/mol. The molecule has 0 unspecified atom stereocenters. The van der Waals surface area contributed by atoms with Crippen LogP contribution in [0.2, 0.25) is 10.0 Å². The van der Waals surface area contributed by atoms with E-state index in [0.29, 0.717) is 33.6 Å². The van der Waals surface area contributed by atoms with E-state index in [2.05, 4.69) is 15.2 Å². The first kappa shape index (κ1) is 32.1. The van der Waals surface area contributed by atoms with E-state index in [-0.39, 0.29) is 34.9 Å². The zero-order valence-electron chi connectivity index (χ0n) is 23.7. The highest BCUT2D eigenvalue weighted by Crippen LogP contribution is 2.40. The Morgan fingerprint density at radius 1 is 1.07 bits per heavy atom. The number of thioether (sulfide) groups is 1. The van der Waals surface area contributed by atoms with Gasteiger partial charge >= 0.3 is 0 Å². The second-order valence-corrected chi connectivity index (χ2v) is 11.6. The van der Waals surface area contributed by atoms with Crippen molar-refractivity contribution in [2.75, 3.05) is 13.7 Å². The molecule has 4 rings (SSSR count). The molecule has 43 heavy (non-hydrogen) atoms. The van der Waals surface area contributed by atoms with E-state index in [0.717, 1.165) is 11.3 Å².